The molecule has 31 heavy (non-hydrogen) atoms. The van der Waals surface area contributed by atoms with Gasteiger partial charge in [0, 0.05) is 23.0 Å². The second kappa shape index (κ2) is 8.85. The van der Waals surface area contributed by atoms with Gasteiger partial charge in [0.1, 0.15) is 17.4 Å². The van der Waals surface area contributed by atoms with E-state index in [4.69, 9.17) is 4.74 Å². The smallest absolute Gasteiger partial charge is 0.266 e. The Kier molecular flexibility index (Phi) is 6.40. The van der Waals surface area contributed by atoms with Crippen molar-refractivity contribution in [3.05, 3.63) is 59.2 Å². The van der Waals surface area contributed by atoms with Crippen molar-refractivity contribution in [1.82, 2.24) is 0 Å². The van der Waals surface area contributed by atoms with E-state index in [-0.39, 0.29) is 11.1 Å². The van der Waals surface area contributed by atoms with Crippen molar-refractivity contribution in [3.8, 4) is 11.8 Å². The normalized spacial score (nSPS) is 17.7. The van der Waals surface area contributed by atoms with Crippen molar-refractivity contribution < 1.29 is 9.53 Å². The van der Waals surface area contributed by atoms with Gasteiger partial charge in [-0.2, -0.15) is 5.26 Å². The Balaban J connectivity index is 1.89. The number of ether oxygens (including phenoxy) is 1. The average Bonchev–Trinajstić information content (AvgIpc) is 2.71. The Morgan fingerprint density at radius 3 is 2.52 bits per heavy atom. The summed E-state index contributed by atoms with van der Waals surface area (Å²) in [5, 5.41) is 12.4. The number of anilines is 2. The third-order valence-electron chi connectivity index (χ3n) is 5.84. The highest BCUT2D eigenvalue weighted by Gasteiger charge is 2.37. The summed E-state index contributed by atoms with van der Waals surface area (Å²) in [7, 11) is 1.59. The van der Waals surface area contributed by atoms with Crippen LogP contribution in [0.4, 0.5) is 11.4 Å². The second-order valence-electron chi connectivity index (χ2n) is 9.05. The van der Waals surface area contributed by atoms with Crippen LogP contribution in [0.25, 0.3) is 6.08 Å². The first-order chi connectivity index (χ1) is 14.7. The second-order valence-corrected chi connectivity index (χ2v) is 9.05. The number of carbonyl (C=O) groups excluding carboxylic acids is 1. The summed E-state index contributed by atoms with van der Waals surface area (Å²) in [5.41, 5.74) is 4.11. The predicted molar refractivity (Wildman–Crippen MR) is 126 cm³/mol. The molecule has 0 radical (unpaired) electrons. The van der Waals surface area contributed by atoms with Gasteiger partial charge in [0.2, 0.25) is 0 Å². The number of nitriles is 1. The van der Waals surface area contributed by atoms with Crippen LogP contribution in [0.3, 0.4) is 0 Å². The molecule has 2 aromatic rings. The van der Waals surface area contributed by atoms with E-state index in [1.165, 1.54) is 11.3 Å². The lowest BCUT2D eigenvalue weighted by atomic mass is 9.79. The maximum absolute atomic E-state index is 12.6. The molecule has 0 saturated heterocycles. The van der Waals surface area contributed by atoms with Crippen LogP contribution >= 0.6 is 0 Å². The molecule has 0 bridgehead atoms. The minimum absolute atomic E-state index is 0.0697. The van der Waals surface area contributed by atoms with Gasteiger partial charge in [-0.15, -0.1) is 0 Å². The SMILES string of the molecule is COc1ccc(NC(=O)/C(C#N)=C\c2ccc3c(c2)[C@@H](C)CC(C)(C)N3C(C)C)cc1. The molecule has 0 aliphatic carbocycles. The lowest BCUT2D eigenvalue weighted by Gasteiger charge is -2.50. The van der Waals surface area contributed by atoms with Crippen molar-refractivity contribution in [3.63, 3.8) is 0 Å². The maximum Gasteiger partial charge on any atom is 0.266 e. The average molecular weight is 418 g/mol. The van der Waals surface area contributed by atoms with Crippen LogP contribution < -0.4 is 15.0 Å². The molecule has 0 aromatic heterocycles. The molecule has 0 unspecified atom stereocenters. The molecule has 0 saturated carbocycles. The van der Waals surface area contributed by atoms with Gasteiger partial charge in [-0.3, -0.25) is 4.79 Å². The highest BCUT2D eigenvalue weighted by molar-refractivity contribution is 6.09. The van der Waals surface area contributed by atoms with E-state index in [2.05, 4.69) is 57.0 Å². The van der Waals surface area contributed by atoms with E-state index < -0.39 is 5.91 Å². The number of nitrogens with one attached hydrogen (secondary N) is 1. The summed E-state index contributed by atoms with van der Waals surface area (Å²) in [6, 6.07) is 15.7. The monoisotopic (exact) mass is 417 g/mol. The number of carbonyl (C=O) groups is 1. The van der Waals surface area contributed by atoms with Crippen molar-refractivity contribution in [1.29, 1.82) is 5.26 Å². The van der Waals surface area contributed by atoms with Crippen LogP contribution in [0.5, 0.6) is 5.75 Å². The topological polar surface area (TPSA) is 65.4 Å². The van der Waals surface area contributed by atoms with Gasteiger partial charge < -0.3 is 15.0 Å². The van der Waals surface area contributed by atoms with E-state index in [0.717, 1.165) is 12.0 Å². The molecule has 2 aromatic carbocycles. The molecule has 0 fully saturated rings. The molecule has 1 aliphatic rings. The number of benzene rings is 2. The van der Waals surface area contributed by atoms with Crippen molar-refractivity contribution >= 4 is 23.4 Å². The summed E-state index contributed by atoms with van der Waals surface area (Å²) in [6.45, 7) is 11.3. The molecule has 1 amide bonds. The molecule has 5 heteroatoms. The number of methoxy groups -OCH3 is 1. The maximum atomic E-state index is 12.6. The summed E-state index contributed by atoms with van der Waals surface area (Å²) >= 11 is 0. The third kappa shape index (κ3) is 4.74. The standard InChI is InChI=1S/C26H31N3O2/c1-17(2)29-24-12-7-19(14-23(24)18(3)15-26(29,4)5)13-20(16-27)25(30)28-21-8-10-22(31-6)11-9-21/h7-14,17-18H,15H2,1-6H3,(H,28,30)/b20-13-/t18-/m0/s1. The molecule has 3 rings (SSSR count). The van der Waals surface area contributed by atoms with Crippen molar-refractivity contribution in [2.45, 2.75) is 58.5 Å². The van der Waals surface area contributed by atoms with Crippen LogP contribution in [0.1, 0.15) is 58.1 Å². The van der Waals surface area contributed by atoms with Crippen LogP contribution in [-0.2, 0) is 4.79 Å². The van der Waals surface area contributed by atoms with Gasteiger partial charge in [0.05, 0.1) is 7.11 Å². The number of fused-ring (bicyclic) bond motifs is 1. The van der Waals surface area contributed by atoms with Gasteiger partial charge in [-0.25, -0.2) is 0 Å². The predicted octanol–water partition coefficient (Wildman–Crippen LogP) is 5.74. The van der Waals surface area contributed by atoms with E-state index in [0.29, 0.717) is 23.4 Å². The fourth-order valence-corrected chi connectivity index (χ4v) is 4.73. The van der Waals surface area contributed by atoms with Crippen LogP contribution in [-0.4, -0.2) is 24.6 Å². The summed E-state index contributed by atoms with van der Waals surface area (Å²) in [4.78, 5) is 15.1. The lowest BCUT2D eigenvalue weighted by Crippen LogP contribution is -2.51. The number of rotatable bonds is 5. The van der Waals surface area contributed by atoms with Crippen LogP contribution in [0, 0.1) is 11.3 Å². The molecule has 1 aliphatic heterocycles. The Hall–Kier alpha value is -3.26. The number of hydrogen-bond acceptors (Lipinski definition) is 4. The van der Waals surface area contributed by atoms with Crippen molar-refractivity contribution in [2.24, 2.45) is 0 Å². The molecule has 162 valence electrons. The van der Waals surface area contributed by atoms with Crippen LogP contribution in [0.2, 0.25) is 0 Å². The zero-order valence-corrected chi connectivity index (χ0v) is 19.2. The first-order valence-corrected chi connectivity index (χ1v) is 10.7. The fraction of sp³-hybridized carbons (Fsp3) is 0.385. The van der Waals surface area contributed by atoms with Gasteiger partial charge in [-0.05, 0) is 93.6 Å². The highest BCUT2D eigenvalue weighted by atomic mass is 16.5. The van der Waals surface area contributed by atoms with E-state index >= 15 is 0 Å². The molecule has 0 spiro atoms. The fourth-order valence-electron chi connectivity index (χ4n) is 4.73. The summed E-state index contributed by atoms with van der Waals surface area (Å²) in [5.74, 6) is 0.672. The Morgan fingerprint density at radius 1 is 1.26 bits per heavy atom. The van der Waals surface area contributed by atoms with Crippen molar-refractivity contribution in [2.75, 3.05) is 17.3 Å². The molecule has 1 heterocycles. The minimum Gasteiger partial charge on any atom is -0.497 e. The molecule has 1 N–H and O–H groups in total. The quantitative estimate of drug-likeness (QED) is 0.497. The molecular formula is C26H31N3O2. The molecule has 1 atom stereocenters. The van der Waals surface area contributed by atoms with Gasteiger partial charge in [0.15, 0.2) is 0 Å². The first kappa shape index (κ1) is 22.4. The third-order valence-corrected chi connectivity index (χ3v) is 5.84. The summed E-state index contributed by atoms with van der Waals surface area (Å²) in [6.07, 6.45) is 2.71. The Bertz CT molecular complexity index is 1030. The van der Waals surface area contributed by atoms with E-state index in [9.17, 15) is 10.1 Å². The molecule has 5 nitrogen and oxygen atoms in total. The number of nitrogens with zero attached hydrogens (tertiary/aromatic N) is 2. The Labute approximate surface area is 185 Å². The van der Waals surface area contributed by atoms with Gasteiger partial charge in [-0.1, -0.05) is 13.0 Å². The minimum atomic E-state index is -0.427. The highest BCUT2D eigenvalue weighted by Crippen LogP contribution is 2.44. The largest absolute Gasteiger partial charge is 0.497 e. The zero-order chi connectivity index (χ0) is 22.8. The van der Waals surface area contributed by atoms with Gasteiger partial charge in [0.25, 0.3) is 5.91 Å². The van der Waals surface area contributed by atoms with Crippen LogP contribution in [0.15, 0.2) is 48.0 Å². The lowest BCUT2D eigenvalue weighted by molar-refractivity contribution is -0.112. The number of amides is 1. The van der Waals surface area contributed by atoms with Gasteiger partial charge >= 0.3 is 0 Å². The summed E-state index contributed by atoms with van der Waals surface area (Å²) < 4.78 is 5.13. The zero-order valence-electron chi connectivity index (χ0n) is 19.2. The molecular weight excluding hydrogens is 386 g/mol. The first-order valence-electron chi connectivity index (χ1n) is 10.7. The Morgan fingerprint density at radius 2 is 1.94 bits per heavy atom. The van der Waals surface area contributed by atoms with E-state index in [1.807, 2.05) is 12.1 Å². The van der Waals surface area contributed by atoms with E-state index in [1.54, 1.807) is 37.5 Å². The number of hydrogen-bond donors (Lipinski definition) is 1.